The van der Waals surface area contributed by atoms with Gasteiger partial charge in [-0.25, -0.2) is 8.42 Å². The van der Waals surface area contributed by atoms with E-state index in [4.69, 9.17) is 17.0 Å². The molecule has 2 N–H and O–H groups in total. The Labute approximate surface area is 162 Å². The number of hydrogen-bond donors (Lipinski definition) is 2. The fraction of sp³-hybridized carbons (Fsp3) is 0.588. The monoisotopic (exact) mass is 401 g/mol. The molecule has 7 nitrogen and oxygen atoms in total. The molecule has 146 valence electrons. The van der Waals surface area contributed by atoms with E-state index in [1.165, 1.54) is 9.21 Å². The maximum atomic E-state index is 12.8. The van der Waals surface area contributed by atoms with Crippen molar-refractivity contribution in [1.82, 2.24) is 14.5 Å². The molecular weight excluding hydrogens is 372 g/mol. The van der Waals surface area contributed by atoms with Crippen molar-refractivity contribution in [2.75, 3.05) is 60.0 Å². The van der Waals surface area contributed by atoms with Gasteiger partial charge in [-0.1, -0.05) is 0 Å². The Bertz CT molecular complexity index is 684. The van der Waals surface area contributed by atoms with Crippen LogP contribution in [0.4, 0.5) is 0 Å². The first-order valence-electron chi connectivity index (χ1n) is 8.89. The Morgan fingerprint density at radius 1 is 1.19 bits per heavy atom. The largest absolute Gasteiger partial charge is 0.494 e. The third kappa shape index (κ3) is 5.54. The van der Waals surface area contributed by atoms with E-state index in [-0.39, 0.29) is 0 Å². The molecule has 0 aliphatic carbocycles. The van der Waals surface area contributed by atoms with Gasteiger partial charge in [0.2, 0.25) is 10.0 Å². The van der Waals surface area contributed by atoms with Gasteiger partial charge in [-0.2, -0.15) is 4.31 Å². The number of piperazine rings is 1. The standard InChI is InChI=1S/C17H28N4O3S2/c1-4-24-15-5-7-16(8-6-15)26(22,23)21-13-11-20(12-14-21)17(25)18-9-10-19(2)3/h5-8H,4,9-14H2,1-3H3,(H,18,25)/p+1. The molecule has 1 saturated heterocycles. The van der Waals surface area contributed by atoms with Gasteiger partial charge >= 0.3 is 0 Å². The average Bonchev–Trinajstić information content (AvgIpc) is 2.62. The minimum atomic E-state index is -3.49. The molecule has 0 amide bonds. The van der Waals surface area contributed by atoms with Gasteiger partial charge in [-0.15, -0.1) is 0 Å². The average molecular weight is 402 g/mol. The van der Waals surface area contributed by atoms with Crippen molar-refractivity contribution in [1.29, 1.82) is 0 Å². The summed E-state index contributed by atoms with van der Waals surface area (Å²) in [5, 5.41) is 3.94. The minimum Gasteiger partial charge on any atom is -0.494 e. The maximum Gasteiger partial charge on any atom is 0.243 e. The summed E-state index contributed by atoms with van der Waals surface area (Å²) in [6.45, 7) is 6.28. The van der Waals surface area contributed by atoms with Gasteiger partial charge in [-0.05, 0) is 43.4 Å². The van der Waals surface area contributed by atoms with Crippen LogP contribution in [0.1, 0.15) is 6.92 Å². The van der Waals surface area contributed by atoms with Crippen LogP contribution in [0.25, 0.3) is 0 Å². The molecular formula is C17H29N4O3S2+. The van der Waals surface area contributed by atoms with Gasteiger partial charge < -0.3 is 19.9 Å². The van der Waals surface area contributed by atoms with Crippen LogP contribution in [-0.2, 0) is 10.0 Å². The van der Waals surface area contributed by atoms with E-state index in [2.05, 4.69) is 19.4 Å². The van der Waals surface area contributed by atoms with Crippen LogP contribution >= 0.6 is 12.2 Å². The van der Waals surface area contributed by atoms with Gasteiger partial charge in [0, 0.05) is 26.2 Å². The normalized spacial score (nSPS) is 15.9. The number of nitrogens with one attached hydrogen (secondary N) is 2. The molecule has 0 bridgehead atoms. The van der Waals surface area contributed by atoms with E-state index >= 15 is 0 Å². The van der Waals surface area contributed by atoms with Crippen molar-refractivity contribution in [3.8, 4) is 5.75 Å². The van der Waals surface area contributed by atoms with Crippen molar-refractivity contribution in [2.24, 2.45) is 0 Å². The Hall–Kier alpha value is -1.42. The maximum absolute atomic E-state index is 12.8. The van der Waals surface area contributed by atoms with Crippen LogP contribution in [0.3, 0.4) is 0 Å². The van der Waals surface area contributed by atoms with Crippen LogP contribution in [0.5, 0.6) is 5.75 Å². The first kappa shape index (κ1) is 20.9. The summed E-state index contributed by atoms with van der Waals surface area (Å²) >= 11 is 5.41. The van der Waals surface area contributed by atoms with Gasteiger partial charge in [-0.3, -0.25) is 0 Å². The van der Waals surface area contributed by atoms with Crippen LogP contribution in [0, 0.1) is 0 Å². The Kier molecular flexibility index (Phi) is 7.63. The molecule has 1 aliphatic rings. The van der Waals surface area contributed by atoms with Crippen molar-refractivity contribution < 1.29 is 18.1 Å². The van der Waals surface area contributed by atoms with Gasteiger partial charge in [0.05, 0.1) is 38.7 Å². The molecule has 1 aliphatic heterocycles. The number of hydrogen-bond acceptors (Lipinski definition) is 4. The Morgan fingerprint density at radius 2 is 1.81 bits per heavy atom. The second-order valence-corrected chi connectivity index (χ2v) is 8.81. The topological polar surface area (TPSA) is 66.3 Å². The van der Waals surface area contributed by atoms with Gasteiger partial charge in [0.1, 0.15) is 5.75 Å². The fourth-order valence-corrected chi connectivity index (χ4v) is 4.39. The highest BCUT2D eigenvalue weighted by atomic mass is 32.2. The highest BCUT2D eigenvalue weighted by Gasteiger charge is 2.29. The number of rotatable bonds is 7. The quantitative estimate of drug-likeness (QED) is 0.596. The fourth-order valence-electron chi connectivity index (χ4n) is 2.69. The summed E-state index contributed by atoms with van der Waals surface area (Å²) in [6, 6.07) is 6.59. The van der Waals surface area contributed by atoms with E-state index in [0.717, 1.165) is 13.1 Å². The number of nitrogens with zero attached hydrogens (tertiary/aromatic N) is 2. The van der Waals surface area contributed by atoms with E-state index in [1.807, 2.05) is 11.8 Å². The number of likely N-dealkylation sites (N-methyl/N-ethyl adjacent to an activating group) is 1. The summed E-state index contributed by atoms with van der Waals surface area (Å²) < 4.78 is 32.5. The molecule has 0 saturated carbocycles. The van der Waals surface area contributed by atoms with Crippen molar-refractivity contribution in [3.63, 3.8) is 0 Å². The highest BCUT2D eigenvalue weighted by Crippen LogP contribution is 2.20. The number of ether oxygens (including phenoxy) is 1. The summed E-state index contributed by atoms with van der Waals surface area (Å²) in [4.78, 5) is 3.68. The van der Waals surface area contributed by atoms with Gasteiger partial charge in [0.15, 0.2) is 5.11 Å². The highest BCUT2D eigenvalue weighted by molar-refractivity contribution is 7.89. The van der Waals surface area contributed by atoms with Crippen molar-refractivity contribution in [3.05, 3.63) is 24.3 Å². The zero-order valence-electron chi connectivity index (χ0n) is 15.7. The Morgan fingerprint density at radius 3 is 2.35 bits per heavy atom. The summed E-state index contributed by atoms with van der Waals surface area (Å²) in [5.74, 6) is 0.673. The van der Waals surface area contributed by atoms with E-state index < -0.39 is 10.0 Å². The number of quaternary nitrogens is 1. The van der Waals surface area contributed by atoms with E-state index in [9.17, 15) is 8.42 Å². The number of benzene rings is 1. The minimum absolute atomic E-state index is 0.295. The van der Waals surface area contributed by atoms with E-state index in [1.54, 1.807) is 24.3 Å². The lowest BCUT2D eigenvalue weighted by Crippen LogP contribution is -3.06. The third-order valence-electron chi connectivity index (χ3n) is 4.20. The third-order valence-corrected chi connectivity index (χ3v) is 6.51. The van der Waals surface area contributed by atoms with E-state index in [0.29, 0.717) is 48.5 Å². The molecule has 0 spiro atoms. The molecule has 26 heavy (non-hydrogen) atoms. The van der Waals surface area contributed by atoms with Crippen LogP contribution in [-0.4, -0.2) is 82.7 Å². The predicted molar refractivity (Wildman–Crippen MR) is 106 cm³/mol. The molecule has 0 atom stereocenters. The van der Waals surface area contributed by atoms with Crippen LogP contribution < -0.4 is 15.0 Å². The smallest absolute Gasteiger partial charge is 0.243 e. The molecule has 1 aromatic rings. The Balaban J connectivity index is 1.90. The first-order chi connectivity index (χ1) is 12.3. The predicted octanol–water partition coefficient (Wildman–Crippen LogP) is -0.589. The second kappa shape index (κ2) is 9.50. The summed E-state index contributed by atoms with van der Waals surface area (Å²) in [6.07, 6.45) is 0. The second-order valence-electron chi connectivity index (χ2n) is 6.48. The molecule has 0 unspecified atom stereocenters. The lowest BCUT2D eigenvalue weighted by Gasteiger charge is -2.35. The van der Waals surface area contributed by atoms with Crippen LogP contribution in [0.15, 0.2) is 29.2 Å². The number of sulfonamides is 1. The molecule has 1 aromatic carbocycles. The van der Waals surface area contributed by atoms with Crippen LogP contribution in [0.2, 0.25) is 0 Å². The lowest BCUT2D eigenvalue weighted by molar-refractivity contribution is -0.856. The zero-order chi connectivity index (χ0) is 19.2. The molecule has 1 fully saturated rings. The molecule has 9 heteroatoms. The lowest BCUT2D eigenvalue weighted by atomic mass is 10.3. The number of thiocarbonyl (C=S) groups is 1. The first-order valence-corrected chi connectivity index (χ1v) is 10.7. The SMILES string of the molecule is CCOc1ccc(S(=O)(=O)N2CCN(C(=S)NCC[NH+](C)C)CC2)cc1. The molecule has 0 aromatic heterocycles. The molecule has 0 radical (unpaired) electrons. The van der Waals surface area contributed by atoms with Crippen molar-refractivity contribution in [2.45, 2.75) is 11.8 Å². The van der Waals surface area contributed by atoms with Crippen molar-refractivity contribution >= 4 is 27.4 Å². The summed E-state index contributed by atoms with van der Waals surface area (Å²) in [7, 11) is 0.698. The molecule has 1 heterocycles. The molecule has 2 rings (SSSR count). The summed E-state index contributed by atoms with van der Waals surface area (Å²) in [5.41, 5.74) is 0. The zero-order valence-corrected chi connectivity index (χ0v) is 17.3. The van der Waals surface area contributed by atoms with Gasteiger partial charge in [0.25, 0.3) is 0 Å².